The summed E-state index contributed by atoms with van der Waals surface area (Å²) >= 11 is 0. The van der Waals surface area contributed by atoms with Crippen LogP contribution in [0.15, 0.2) is 24.3 Å². The van der Waals surface area contributed by atoms with Crippen molar-refractivity contribution in [1.29, 1.82) is 0 Å². The maximum absolute atomic E-state index is 12.1. The molecule has 0 aliphatic carbocycles. The highest BCUT2D eigenvalue weighted by molar-refractivity contribution is 5.91. The van der Waals surface area contributed by atoms with E-state index in [9.17, 15) is 14.7 Å². The lowest BCUT2D eigenvalue weighted by Crippen LogP contribution is -2.39. The maximum atomic E-state index is 12.1. The molecule has 1 aromatic rings. The summed E-state index contributed by atoms with van der Waals surface area (Å²) in [4.78, 5) is 25.3. The van der Waals surface area contributed by atoms with Crippen molar-refractivity contribution in [3.8, 4) is 5.75 Å². The third-order valence-corrected chi connectivity index (χ3v) is 3.57. The van der Waals surface area contributed by atoms with E-state index in [0.717, 1.165) is 11.1 Å². The van der Waals surface area contributed by atoms with Gasteiger partial charge in [0.2, 0.25) is 0 Å². The van der Waals surface area contributed by atoms with Gasteiger partial charge in [-0.05, 0) is 56.5 Å². The fourth-order valence-electron chi connectivity index (χ4n) is 2.46. The minimum absolute atomic E-state index is 0.00312. The molecular formula is C18H23NO5. The lowest BCUT2D eigenvalue weighted by molar-refractivity contribution is 0.0270. The lowest BCUT2D eigenvalue weighted by atomic mass is 9.97. The predicted molar refractivity (Wildman–Crippen MR) is 89.8 cm³/mol. The van der Waals surface area contributed by atoms with Gasteiger partial charge in [0.15, 0.2) is 0 Å². The number of rotatable bonds is 2. The third kappa shape index (κ3) is 4.50. The average molecular weight is 333 g/mol. The number of methoxy groups -OCH3 is 1. The first kappa shape index (κ1) is 17.8. The quantitative estimate of drug-likeness (QED) is 0.841. The molecule has 2 rings (SSSR count). The van der Waals surface area contributed by atoms with Gasteiger partial charge in [-0.2, -0.15) is 0 Å². The van der Waals surface area contributed by atoms with E-state index >= 15 is 0 Å². The van der Waals surface area contributed by atoms with Gasteiger partial charge < -0.3 is 19.5 Å². The molecule has 0 aromatic heterocycles. The van der Waals surface area contributed by atoms with Crippen molar-refractivity contribution in [2.45, 2.75) is 32.8 Å². The molecule has 1 N–H and O–H groups in total. The molecule has 0 radical (unpaired) electrons. The number of ether oxygens (including phenoxy) is 2. The molecule has 1 heterocycles. The number of phenolic OH excluding ortho intramolecular Hbond substituents is 1. The molecule has 0 bridgehead atoms. The van der Waals surface area contributed by atoms with Gasteiger partial charge in [-0.3, -0.25) is 0 Å². The molecule has 0 atom stereocenters. The van der Waals surface area contributed by atoms with Gasteiger partial charge in [-0.1, -0.05) is 6.08 Å². The summed E-state index contributed by atoms with van der Waals surface area (Å²) in [6.07, 6.45) is 2.18. The third-order valence-electron chi connectivity index (χ3n) is 3.57. The molecule has 0 saturated carbocycles. The Morgan fingerprint density at radius 3 is 2.46 bits per heavy atom. The van der Waals surface area contributed by atoms with E-state index in [4.69, 9.17) is 4.74 Å². The first-order chi connectivity index (χ1) is 11.2. The van der Waals surface area contributed by atoms with E-state index in [-0.39, 0.29) is 11.8 Å². The standard InChI is InChI=1S/C18H23NO5/c1-18(2,3)24-17(22)19-7-5-12(6-8-19)13-9-14(16(21)23-4)11-15(20)10-13/h5,9-11,20H,6-8H2,1-4H3. The summed E-state index contributed by atoms with van der Waals surface area (Å²) in [5, 5.41) is 9.82. The zero-order chi connectivity index (χ0) is 17.9. The summed E-state index contributed by atoms with van der Waals surface area (Å²) in [6, 6.07) is 4.65. The monoisotopic (exact) mass is 333 g/mol. The van der Waals surface area contributed by atoms with E-state index in [1.807, 2.05) is 26.8 Å². The van der Waals surface area contributed by atoms with Gasteiger partial charge in [0, 0.05) is 13.1 Å². The number of amides is 1. The van der Waals surface area contributed by atoms with Gasteiger partial charge in [0.05, 0.1) is 12.7 Å². The number of aromatic hydroxyl groups is 1. The Kier molecular flexibility index (Phi) is 5.17. The molecule has 6 heteroatoms. The molecule has 6 nitrogen and oxygen atoms in total. The second-order valence-corrected chi connectivity index (χ2v) is 6.67. The Balaban J connectivity index is 2.14. The second kappa shape index (κ2) is 6.95. The van der Waals surface area contributed by atoms with Crippen LogP contribution in [0.1, 0.15) is 43.1 Å². The van der Waals surface area contributed by atoms with Crippen molar-refractivity contribution in [2.24, 2.45) is 0 Å². The Morgan fingerprint density at radius 1 is 1.21 bits per heavy atom. The average Bonchev–Trinajstić information content (AvgIpc) is 2.52. The Bertz CT molecular complexity index is 672. The highest BCUT2D eigenvalue weighted by Crippen LogP contribution is 2.27. The smallest absolute Gasteiger partial charge is 0.410 e. The van der Waals surface area contributed by atoms with Crippen LogP contribution in [-0.4, -0.2) is 47.9 Å². The second-order valence-electron chi connectivity index (χ2n) is 6.67. The number of benzene rings is 1. The summed E-state index contributed by atoms with van der Waals surface area (Å²) in [5.74, 6) is -0.498. The van der Waals surface area contributed by atoms with Gasteiger partial charge in [-0.15, -0.1) is 0 Å². The molecular weight excluding hydrogens is 310 g/mol. The molecule has 1 aliphatic rings. The van der Waals surface area contributed by atoms with Crippen LogP contribution in [0.25, 0.3) is 5.57 Å². The van der Waals surface area contributed by atoms with Crippen LogP contribution in [0.5, 0.6) is 5.75 Å². The first-order valence-electron chi connectivity index (χ1n) is 7.79. The predicted octanol–water partition coefficient (Wildman–Crippen LogP) is 3.20. The van der Waals surface area contributed by atoms with Gasteiger partial charge >= 0.3 is 12.1 Å². The van der Waals surface area contributed by atoms with Crippen molar-refractivity contribution >= 4 is 17.6 Å². The number of carbonyl (C=O) groups excluding carboxylic acids is 2. The Morgan fingerprint density at radius 2 is 1.92 bits per heavy atom. The normalized spacial score (nSPS) is 14.8. The SMILES string of the molecule is COC(=O)c1cc(O)cc(C2=CCN(C(=O)OC(C)(C)C)CC2)c1. The highest BCUT2D eigenvalue weighted by atomic mass is 16.6. The van der Waals surface area contributed by atoms with Crippen LogP contribution < -0.4 is 0 Å². The summed E-state index contributed by atoms with van der Waals surface area (Å²) < 4.78 is 10.0. The topological polar surface area (TPSA) is 76.1 Å². The van der Waals surface area contributed by atoms with Crippen molar-refractivity contribution in [1.82, 2.24) is 4.90 Å². The number of phenols is 1. The van der Waals surface area contributed by atoms with Crippen LogP contribution in [0.3, 0.4) is 0 Å². The van der Waals surface area contributed by atoms with E-state index in [1.165, 1.54) is 13.2 Å². The molecule has 0 spiro atoms. The van der Waals surface area contributed by atoms with Gasteiger partial charge in [0.25, 0.3) is 0 Å². The summed E-state index contributed by atoms with van der Waals surface area (Å²) in [6.45, 7) is 6.43. The van der Waals surface area contributed by atoms with E-state index in [2.05, 4.69) is 4.74 Å². The lowest BCUT2D eigenvalue weighted by Gasteiger charge is -2.29. The molecule has 0 unspecified atom stereocenters. The van der Waals surface area contributed by atoms with Crippen LogP contribution >= 0.6 is 0 Å². The molecule has 1 aromatic carbocycles. The summed E-state index contributed by atoms with van der Waals surface area (Å²) in [5.41, 5.74) is 1.49. The largest absolute Gasteiger partial charge is 0.508 e. The van der Waals surface area contributed by atoms with Crippen LogP contribution in [0, 0.1) is 0 Å². The van der Waals surface area contributed by atoms with Crippen molar-refractivity contribution in [3.05, 3.63) is 35.4 Å². The van der Waals surface area contributed by atoms with E-state index in [1.54, 1.807) is 17.0 Å². The maximum Gasteiger partial charge on any atom is 0.410 e. The molecule has 1 amide bonds. The number of hydrogen-bond acceptors (Lipinski definition) is 5. The molecule has 0 saturated heterocycles. The zero-order valence-electron chi connectivity index (χ0n) is 14.5. The van der Waals surface area contributed by atoms with Crippen LogP contribution in [0.2, 0.25) is 0 Å². The number of nitrogens with zero attached hydrogens (tertiary/aromatic N) is 1. The van der Waals surface area contributed by atoms with Crippen molar-refractivity contribution < 1.29 is 24.2 Å². The zero-order valence-corrected chi connectivity index (χ0v) is 14.5. The first-order valence-corrected chi connectivity index (χ1v) is 7.79. The molecule has 130 valence electrons. The Labute approximate surface area is 141 Å². The Hall–Kier alpha value is -2.50. The highest BCUT2D eigenvalue weighted by Gasteiger charge is 2.24. The van der Waals surface area contributed by atoms with Crippen molar-refractivity contribution in [2.75, 3.05) is 20.2 Å². The molecule has 0 fully saturated rings. The summed E-state index contributed by atoms with van der Waals surface area (Å²) in [7, 11) is 1.30. The fraction of sp³-hybridized carbons (Fsp3) is 0.444. The van der Waals surface area contributed by atoms with E-state index < -0.39 is 11.6 Å². The minimum atomic E-state index is -0.526. The van der Waals surface area contributed by atoms with Crippen LogP contribution in [0.4, 0.5) is 4.79 Å². The van der Waals surface area contributed by atoms with Gasteiger partial charge in [0.1, 0.15) is 11.4 Å². The van der Waals surface area contributed by atoms with Crippen molar-refractivity contribution in [3.63, 3.8) is 0 Å². The van der Waals surface area contributed by atoms with Gasteiger partial charge in [-0.25, -0.2) is 9.59 Å². The molecule has 1 aliphatic heterocycles. The number of esters is 1. The molecule has 24 heavy (non-hydrogen) atoms. The minimum Gasteiger partial charge on any atom is -0.508 e. The fourth-order valence-corrected chi connectivity index (χ4v) is 2.46. The van der Waals surface area contributed by atoms with Crippen LogP contribution in [-0.2, 0) is 9.47 Å². The number of carbonyl (C=O) groups is 2. The van der Waals surface area contributed by atoms with E-state index in [0.29, 0.717) is 25.1 Å². The number of hydrogen-bond donors (Lipinski definition) is 1.